The van der Waals surface area contributed by atoms with Crippen molar-refractivity contribution in [3.05, 3.63) is 35.4 Å². The van der Waals surface area contributed by atoms with Crippen molar-refractivity contribution in [3.63, 3.8) is 0 Å². The van der Waals surface area contributed by atoms with E-state index in [1.807, 2.05) is 18.2 Å². The van der Waals surface area contributed by atoms with E-state index >= 15 is 0 Å². The minimum absolute atomic E-state index is 0.373. The molecule has 0 saturated heterocycles. The van der Waals surface area contributed by atoms with Crippen molar-refractivity contribution in [2.24, 2.45) is 0 Å². The van der Waals surface area contributed by atoms with Crippen molar-refractivity contribution in [3.8, 4) is 0 Å². The fourth-order valence-electron chi connectivity index (χ4n) is 1.95. The van der Waals surface area contributed by atoms with E-state index in [1.54, 1.807) is 4.90 Å². The van der Waals surface area contributed by atoms with Crippen LogP contribution in [0.4, 0.5) is 4.79 Å². The maximum atomic E-state index is 11.9. The molecule has 3 amide bonds. The molecule has 0 radical (unpaired) electrons. The Kier molecular flexibility index (Phi) is 3.87. The molecule has 0 saturated carbocycles. The number of nitrogens with zero attached hydrogens (tertiary/aromatic N) is 1. The van der Waals surface area contributed by atoms with Gasteiger partial charge >= 0.3 is 6.03 Å². The molecule has 18 heavy (non-hydrogen) atoms. The lowest BCUT2D eigenvalue weighted by molar-refractivity contribution is -0.119. The second-order valence-electron chi connectivity index (χ2n) is 4.35. The smallest absolute Gasteiger partial charge is 0.320 e. The molecule has 1 unspecified atom stereocenters. The number of imide groups is 1. The molecule has 1 aromatic rings. The Bertz CT molecular complexity index is 474. The summed E-state index contributed by atoms with van der Waals surface area (Å²) in [4.78, 5) is 24.8. The van der Waals surface area contributed by atoms with Crippen LogP contribution in [0.3, 0.4) is 0 Å². The first-order valence-corrected chi connectivity index (χ1v) is 6.32. The van der Waals surface area contributed by atoms with Crippen LogP contribution in [-0.4, -0.2) is 28.8 Å². The average molecular weight is 267 g/mol. The van der Waals surface area contributed by atoms with Crippen LogP contribution >= 0.6 is 11.6 Å². The number of hydrogen-bond acceptors (Lipinski definition) is 2. The van der Waals surface area contributed by atoms with Crippen molar-refractivity contribution in [2.45, 2.75) is 25.3 Å². The molecule has 1 heterocycles. The lowest BCUT2D eigenvalue weighted by Crippen LogP contribution is -2.46. The van der Waals surface area contributed by atoms with E-state index < -0.39 is 11.3 Å². The molecule has 1 aromatic carbocycles. The van der Waals surface area contributed by atoms with Crippen LogP contribution in [0.2, 0.25) is 0 Å². The summed E-state index contributed by atoms with van der Waals surface area (Å²) in [5, 5.41) is 1.59. The third kappa shape index (κ3) is 2.82. The average Bonchev–Trinajstić information content (AvgIpc) is 2.37. The highest BCUT2D eigenvalue weighted by molar-refractivity contribution is 6.31. The zero-order valence-corrected chi connectivity index (χ0v) is 10.9. The number of hydrogen-bond donors (Lipinski definition) is 1. The molecule has 0 aromatic heterocycles. The molecule has 2 rings (SSSR count). The molecule has 5 heteroatoms. The molecule has 4 nitrogen and oxygen atoms in total. The molecule has 96 valence electrons. The highest BCUT2D eigenvalue weighted by Crippen LogP contribution is 2.18. The summed E-state index contributed by atoms with van der Waals surface area (Å²) in [6.45, 7) is 2.69. The maximum Gasteiger partial charge on any atom is 0.324 e. The van der Waals surface area contributed by atoms with E-state index in [2.05, 4.69) is 11.4 Å². The highest BCUT2D eigenvalue weighted by atomic mass is 35.5. The number of halogens is 1. The number of carbonyl (C=O) groups is 2. The number of fused-ring (bicyclic) bond motifs is 1. The Labute approximate surface area is 111 Å². The standard InChI is InChI=1S/C13H15ClN2O2/c1-9(14)12(17)15-13(18)16-7-6-10-4-2-3-5-11(10)8-16/h2-5,9H,6-8H2,1H3,(H,15,17,18). The Morgan fingerprint density at radius 1 is 1.33 bits per heavy atom. The summed E-state index contributed by atoms with van der Waals surface area (Å²) in [5.41, 5.74) is 2.39. The molecule has 1 aliphatic rings. The first-order chi connectivity index (χ1) is 8.58. The molecular formula is C13H15ClN2O2. The maximum absolute atomic E-state index is 11.9. The Morgan fingerprint density at radius 2 is 2.00 bits per heavy atom. The van der Waals surface area contributed by atoms with E-state index in [0.29, 0.717) is 13.1 Å². The largest absolute Gasteiger partial charge is 0.324 e. The number of benzene rings is 1. The number of nitrogens with one attached hydrogen (secondary N) is 1. The van der Waals surface area contributed by atoms with Crippen LogP contribution in [0.25, 0.3) is 0 Å². The minimum Gasteiger partial charge on any atom is -0.320 e. The van der Waals surface area contributed by atoms with E-state index in [9.17, 15) is 9.59 Å². The van der Waals surface area contributed by atoms with Crippen molar-refractivity contribution >= 4 is 23.5 Å². The SMILES string of the molecule is CC(Cl)C(=O)NC(=O)N1CCc2ccccc2C1. The second kappa shape index (κ2) is 5.40. The van der Waals surface area contributed by atoms with Gasteiger partial charge in [-0.3, -0.25) is 10.1 Å². The zero-order valence-electron chi connectivity index (χ0n) is 10.1. The van der Waals surface area contributed by atoms with E-state index in [-0.39, 0.29) is 6.03 Å². The second-order valence-corrected chi connectivity index (χ2v) is 5.01. The van der Waals surface area contributed by atoms with Crippen LogP contribution in [-0.2, 0) is 17.8 Å². The van der Waals surface area contributed by atoms with Gasteiger partial charge < -0.3 is 4.90 Å². The summed E-state index contributed by atoms with van der Waals surface area (Å²) in [5.74, 6) is -0.458. The monoisotopic (exact) mass is 266 g/mol. The number of carbonyl (C=O) groups excluding carboxylic acids is 2. The summed E-state index contributed by atoms with van der Waals surface area (Å²) < 4.78 is 0. The fraction of sp³-hybridized carbons (Fsp3) is 0.385. The number of alkyl halides is 1. The van der Waals surface area contributed by atoms with Crippen LogP contribution in [0.1, 0.15) is 18.1 Å². The zero-order chi connectivity index (χ0) is 13.1. The highest BCUT2D eigenvalue weighted by Gasteiger charge is 2.22. The third-order valence-electron chi connectivity index (χ3n) is 3.01. The van der Waals surface area contributed by atoms with Gasteiger partial charge in [0.15, 0.2) is 0 Å². The molecule has 1 atom stereocenters. The van der Waals surface area contributed by atoms with Gasteiger partial charge in [0.05, 0.1) is 0 Å². The van der Waals surface area contributed by atoms with Crippen LogP contribution in [0.5, 0.6) is 0 Å². The van der Waals surface area contributed by atoms with E-state index in [0.717, 1.165) is 12.0 Å². The van der Waals surface area contributed by atoms with Crippen molar-refractivity contribution in [1.82, 2.24) is 10.2 Å². The fourth-order valence-corrected chi connectivity index (χ4v) is 2.01. The third-order valence-corrected chi connectivity index (χ3v) is 3.21. The summed E-state index contributed by atoms with van der Waals surface area (Å²) >= 11 is 5.61. The van der Waals surface area contributed by atoms with Crippen LogP contribution in [0, 0.1) is 0 Å². The lowest BCUT2D eigenvalue weighted by Gasteiger charge is -2.28. The summed E-state index contributed by atoms with van der Waals surface area (Å²) in [6.07, 6.45) is 0.814. The van der Waals surface area contributed by atoms with E-state index in [4.69, 9.17) is 11.6 Å². The predicted molar refractivity (Wildman–Crippen MR) is 69.4 cm³/mol. The van der Waals surface area contributed by atoms with Crippen LogP contribution in [0.15, 0.2) is 24.3 Å². The van der Waals surface area contributed by atoms with Gasteiger partial charge in [0, 0.05) is 13.1 Å². The molecule has 0 bridgehead atoms. The van der Waals surface area contributed by atoms with Crippen molar-refractivity contribution in [1.29, 1.82) is 0 Å². The first kappa shape index (κ1) is 12.9. The molecule has 1 aliphatic heterocycles. The molecule has 0 spiro atoms. The molecule has 1 N–H and O–H groups in total. The lowest BCUT2D eigenvalue weighted by atomic mass is 10.0. The number of rotatable bonds is 1. The topological polar surface area (TPSA) is 49.4 Å². The van der Waals surface area contributed by atoms with Gasteiger partial charge in [-0.15, -0.1) is 11.6 Å². The Hall–Kier alpha value is -1.55. The van der Waals surface area contributed by atoms with Gasteiger partial charge in [-0.2, -0.15) is 0 Å². The first-order valence-electron chi connectivity index (χ1n) is 5.88. The summed E-state index contributed by atoms with van der Waals surface area (Å²) in [6, 6.07) is 7.64. The molecule has 0 fully saturated rings. The van der Waals surface area contributed by atoms with Gasteiger partial charge in [-0.05, 0) is 24.5 Å². The molecule has 0 aliphatic carbocycles. The Balaban J connectivity index is 2.01. The minimum atomic E-state index is -0.703. The number of urea groups is 1. The van der Waals surface area contributed by atoms with Crippen molar-refractivity contribution in [2.75, 3.05) is 6.54 Å². The van der Waals surface area contributed by atoms with E-state index in [1.165, 1.54) is 12.5 Å². The molecular weight excluding hydrogens is 252 g/mol. The number of amides is 3. The summed E-state index contributed by atoms with van der Waals surface area (Å²) in [7, 11) is 0. The van der Waals surface area contributed by atoms with Gasteiger partial charge in [0.2, 0.25) is 5.91 Å². The predicted octanol–water partition coefficient (Wildman–Crippen LogP) is 1.91. The Morgan fingerprint density at radius 3 is 2.67 bits per heavy atom. The van der Waals surface area contributed by atoms with Gasteiger partial charge in [0.25, 0.3) is 0 Å². The van der Waals surface area contributed by atoms with Gasteiger partial charge in [-0.25, -0.2) is 4.79 Å². The van der Waals surface area contributed by atoms with Crippen molar-refractivity contribution < 1.29 is 9.59 Å². The van der Waals surface area contributed by atoms with Crippen LogP contribution < -0.4 is 5.32 Å². The quantitative estimate of drug-likeness (QED) is 0.790. The normalized spacial score (nSPS) is 15.8. The van der Waals surface area contributed by atoms with Gasteiger partial charge in [-0.1, -0.05) is 24.3 Å². The van der Waals surface area contributed by atoms with Gasteiger partial charge in [0.1, 0.15) is 5.38 Å².